The Labute approximate surface area is 235 Å². The first-order chi connectivity index (χ1) is 19.5. The first kappa shape index (κ1) is 29.5. The lowest BCUT2D eigenvalue weighted by molar-refractivity contribution is -0.143. The van der Waals surface area contributed by atoms with Gasteiger partial charge in [0.05, 0.1) is 19.6 Å². The summed E-state index contributed by atoms with van der Waals surface area (Å²) in [7, 11) is 1.55. The number of aromatic nitrogens is 2. The molecule has 11 heteroatoms. The van der Waals surface area contributed by atoms with Crippen molar-refractivity contribution in [3.05, 3.63) is 42.0 Å². The molecule has 1 fully saturated rings. The zero-order chi connectivity index (χ0) is 28.5. The molecule has 0 saturated carbocycles. The van der Waals surface area contributed by atoms with Gasteiger partial charge in [0, 0.05) is 50.4 Å². The Balaban J connectivity index is 1.62. The van der Waals surface area contributed by atoms with Gasteiger partial charge in [0.15, 0.2) is 11.5 Å². The molecule has 1 aromatic heterocycles. The number of amides is 1. The summed E-state index contributed by atoms with van der Waals surface area (Å²) in [6, 6.07) is 5.04. The molecule has 3 atom stereocenters. The number of carboxylic acid groups (broad SMARTS) is 1. The van der Waals surface area contributed by atoms with Crippen LogP contribution in [0.5, 0.6) is 17.2 Å². The summed E-state index contributed by atoms with van der Waals surface area (Å²) in [4.78, 5) is 39.0. The second kappa shape index (κ2) is 14.3. The molecule has 11 nitrogen and oxygen atoms in total. The third-order valence-corrected chi connectivity index (χ3v) is 7.78. The van der Waals surface area contributed by atoms with E-state index >= 15 is 0 Å². The highest BCUT2D eigenvalue weighted by Crippen LogP contribution is 2.47. The van der Waals surface area contributed by atoms with Crippen LogP contribution in [0.1, 0.15) is 56.3 Å². The normalized spacial score (nSPS) is 20.0. The van der Waals surface area contributed by atoms with E-state index in [1.54, 1.807) is 25.6 Å². The molecule has 0 radical (unpaired) electrons. The molecule has 218 valence electrons. The molecule has 0 aliphatic carbocycles. The molecule has 1 aromatic carbocycles. The maximum atomic E-state index is 13.6. The molecule has 2 aliphatic heterocycles. The number of fused-ring (bicyclic) bond motifs is 1. The van der Waals surface area contributed by atoms with Gasteiger partial charge in [-0.25, -0.2) is 9.97 Å². The molecular weight excluding hydrogens is 514 g/mol. The lowest BCUT2D eigenvalue weighted by Crippen LogP contribution is -2.45. The van der Waals surface area contributed by atoms with E-state index in [1.807, 2.05) is 21.9 Å². The Hall–Kier alpha value is -3.44. The maximum Gasteiger partial charge on any atom is 0.308 e. The van der Waals surface area contributed by atoms with Gasteiger partial charge in [-0.15, -0.1) is 0 Å². The lowest BCUT2D eigenvalue weighted by Gasteiger charge is -2.29. The number of unbranched alkanes of at least 4 members (excludes halogenated alkanes) is 2. The third-order valence-electron chi connectivity index (χ3n) is 7.78. The highest BCUT2D eigenvalue weighted by atomic mass is 16.7. The number of nitrogens with zero attached hydrogens (tertiary/aromatic N) is 4. The van der Waals surface area contributed by atoms with Crippen LogP contribution in [0, 0.1) is 5.92 Å². The molecule has 4 rings (SSSR count). The van der Waals surface area contributed by atoms with Crippen molar-refractivity contribution in [1.82, 2.24) is 19.8 Å². The zero-order valence-corrected chi connectivity index (χ0v) is 23.5. The van der Waals surface area contributed by atoms with Crippen molar-refractivity contribution in [2.75, 3.05) is 46.6 Å². The molecule has 3 N–H and O–H groups in total. The van der Waals surface area contributed by atoms with Crippen LogP contribution in [0.2, 0.25) is 0 Å². The first-order valence-corrected chi connectivity index (χ1v) is 14.1. The minimum absolute atomic E-state index is 0.0134. The summed E-state index contributed by atoms with van der Waals surface area (Å²) in [6.45, 7) is 4.67. The van der Waals surface area contributed by atoms with Crippen molar-refractivity contribution in [2.45, 2.75) is 57.4 Å². The van der Waals surface area contributed by atoms with Gasteiger partial charge in [-0.3, -0.25) is 14.5 Å². The summed E-state index contributed by atoms with van der Waals surface area (Å²) in [5, 5.41) is 10.5. The summed E-state index contributed by atoms with van der Waals surface area (Å²) in [6.07, 6.45) is 7.98. The van der Waals surface area contributed by atoms with Crippen molar-refractivity contribution < 1.29 is 28.9 Å². The van der Waals surface area contributed by atoms with Gasteiger partial charge in [-0.1, -0.05) is 13.3 Å². The molecule has 3 heterocycles. The van der Waals surface area contributed by atoms with Crippen LogP contribution in [0.25, 0.3) is 0 Å². The number of carboxylic acids is 1. The number of hydrogen-bond donors (Lipinski definition) is 2. The molecule has 1 unspecified atom stereocenters. The van der Waals surface area contributed by atoms with Gasteiger partial charge in [0.1, 0.15) is 5.82 Å². The second-order valence-electron chi connectivity index (χ2n) is 10.4. The quantitative estimate of drug-likeness (QED) is 0.315. The average Bonchev–Trinajstić information content (AvgIpc) is 3.58. The predicted octanol–water partition coefficient (Wildman–Crippen LogP) is 2.68. The highest BCUT2D eigenvalue weighted by Gasteiger charge is 2.47. The van der Waals surface area contributed by atoms with Crippen LogP contribution in [0.3, 0.4) is 0 Å². The molecular formula is C29H41N5O6. The summed E-state index contributed by atoms with van der Waals surface area (Å²) in [5.41, 5.74) is 6.48. The van der Waals surface area contributed by atoms with Crippen molar-refractivity contribution in [2.24, 2.45) is 11.7 Å². The van der Waals surface area contributed by atoms with Crippen molar-refractivity contribution in [1.29, 1.82) is 0 Å². The van der Waals surface area contributed by atoms with Gasteiger partial charge < -0.3 is 30.0 Å². The monoisotopic (exact) mass is 555 g/mol. The van der Waals surface area contributed by atoms with Gasteiger partial charge in [-0.2, -0.15) is 0 Å². The Morgan fingerprint density at radius 3 is 2.65 bits per heavy atom. The average molecular weight is 556 g/mol. The fourth-order valence-electron chi connectivity index (χ4n) is 5.72. The molecule has 0 bridgehead atoms. The van der Waals surface area contributed by atoms with E-state index in [2.05, 4.69) is 16.9 Å². The van der Waals surface area contributed by atoms with E-state index in [-0.39, 0.29) is 31.2 Å². The van der Waals surface area contributed by atoms with Gasteiger partial charge in [0.2, 0.25) is 18.4 Å². The number of nitrogens with two attached hydrogens (primary N) is 1. The lowest BCUT2D eigenvalue weighted by atomic mass is 9.83. The number of aryl methyl sites for hydroxylation is 1. The largest absolute Gasteiger partial charge is 0.493 e. The van der Waals surface area contributed by atoms with Gasteiger partial charge in [-0.05, 0) is 56.0 Å². The van der Waals surface area contributed by atoms with Crippen LogP contribution in [0.4, 0.5) is 0 Å². The standard InChI is InChI=1S/C29H41N5O6/c1-3-4-13-33(14-6-5-10-30)26(35)18-34-17-21(20-15-23(38-2)28-24(16-20)39-19-40-28)27(29(36)37)22(34)8-9-25-31-11-7-12-32-25/h7,11-12,15-16,21-22,27H,3-6,8-10,13-14,17-19,30H2,1-2H3,(H,36,37)/t21-,22+,27?/m1/s1. The Morgan fingerprint density at radius 1 is 1.18 bits per heavy atom. The molecule has 1 amide bonds. The summed E-state index contributed by atoms with van der Waals surface area (Å²) >= 11 is 0. The number of rotatable bonds is 15. The van der Waals surface area contributed by atoms with Crippen LogP contribution in [-0.4, -0.2) is 89.4 Å². The fourth-order valence-corrected chi connectivity index (χ4v) is 5.72. The van der Waals surface area contributed by atoms with Crippen LogP contribution in [0.15, 0.2) is 30.6 Å². The number of hydrogen-bond acceptors (Lipinski definition) is 9. The zero-order valence-electron chi connectivity index (χ0n) is 23.5. The minimum Gasteiger partial charge on any atom is -0.493 e. The molecule has 1 saturated heterocycles. The van der Waals surface area contributed by atoms with Crippen LogP contribution >= 0.6 is 0 Å². The topological polar surface area (TPSA) is 140 Å². The van der Waals surface area contributed by atoms with Gasteiger partial charge in [0.25, 0.3) is 0 Å². The van der Waals surface area contributed by atoms with Crippen molar-refractivity contribution in [3.63, 3.8) is 0 Å². The van der Waals surface area contributed by atoms with Crippen LogP contribution in [-0.2, 0) is 16.0 Å². The maximum absolute atomic E-state index is 13.6. The number of aliphatic carboxylic acids is 1. The number of ether oxygens (including phenoxy) is 3. The Morgan fingerprint density at radius 2 is 1.95 bits per heavy atom. The summed E-state index contributed by atoms with van der Waals surface area (Å²) in [5.74, 6) is 0.194. The van der Waals surface area contributed by atoms with Gasteiger partial charge >= 0.3 is 5.97 Å². The molecule has 2 aliphatic rings. The second-order valence-corrected chi connectivity index (χ2v) is 10.4. The molecule has 2 aromatic rings. The number of likely N-dealkylation sites (tertiary alicyclic amines) is 1. The van der Waals surface area contributed by atoms with E-state index in [9.17, 15) is 14.7 Å². The third kappa shape index (κ3) is 7.00. The summed E-state index contributed by atoms with van der Waals surface area (Å²) < 4.78 is 16.7. The molecule has 40 heavy (non-hydrogen) atoms. The Kier molecular flexibility index (Phi) is 10.5. The van der Waals surface area contributed by atoms with E-state index < -0.39 is 11.9 Å². The Bertz CT molecular complexity index is 1130. The number of carbonyl (C=O) groups excluding carboxylic acids is 1. The number of benzene rings is 1. The number of carbonyl (C=O) groups is 2. The number of methoxy groups -OCH3 is 1. The van der Waals surface area contributed by atoms with Crippen molar-refractivity contribution >= 4 is 11.9 Å². The van der Waals surface area contributed by atoms with E-state index in [4.69, 9.17) is 19.9 Å². The van der Waals surface area contributed by atoms with Crippen LogP contribution < -0.4 is 19.9 Å². The molecule has 0 spiro atoms. The van der Waals surface area contributed by atoms with E-state index in [0.29, 0.717) is 62.1 Å². The van der Waals surface area contributed by atoms with E-state index in [0.717, 1.165) is 31.2 Å². The minimum atomic E-state index is -0.902. The smallest absolute Gasteiger partial charge is 0.308 e. The highest BCUT2D eigenvalue weighted by molar-refractivity contribution is 5.79. The first-order valence-electron chi connectivity index (χ1n) is 14.1. The van der Waals surface area contributed by atoms with E-state index in [1.165, 1.54) is 0 Å². The SMILES string of the molecule is CCCCN(CCCCN)C(=O)CN1C[C@H](c2cc(OC)c3c(c2)OCO3)C(C(=O)O)[C@@H]1CCc1ncccn1. The predicted molar refractivity (Wildman–Crippen MR) is 148 cm³/mol. The van der Waals surface area contributed by atoms with Crippen molar-refractivity contribution in [3.8, 4) is 17.2 Å². The fraction of sp³-hybridized carbons (Fsp3) is 0.586.